The van der Waals surface area contributed by atoms with Gasteiger partial charge in [-0.1, -0.05) is 55.0 Å². The molecule has 176 valence electrons. The molecule has 4 aliphatic rings. The molecule has 0 bridgehead atoms. The van der Waals surface area contributed by atoms with E-state index in [2.05, 4.69) is 29.6 Å². The summed E-state index contributed by atoms with van der Waals surface area (Å²) in [7, 11) is 0. The Balaban J connectivity index is 1.13. The van der Waals surface area contributed by atoms with Crippen molar-refractivity contribution in [1.82, 2.24) is 10.2 Å². The van der Waals surface area contributed by atoms with E-state index in [-0.39, 0.29) is 36.8 Å². The molecule has 3 fully saturated rings. The van der Waals surface area contributed by atoms with Crippen molar-refractivity contribution in [3.05, 3.63) is 59.7 Å². The second-order valence-electron chi connectivity index (χ2n) is 10.2. The number of hydrogen-bond donors (Lipinski definition) is 2. The maximum Gasteiger partial charge on any atom is 0.407 e. The first kappa shape index (κ1) is 21.2. The molecule has 7 nitrogen and oxygen atoms in total. The minimum absolute atomic E-state index is 0.0328. The van der Waals surface area contributed by atoms with Crippen LogP contribution in [0.25, 0.3) is 11.1 Å². The third-order valence-electron chi connectivity index (χ3n) is 8.39. The Morgan fingerprint density at radius 2 is 1.71 bits per heavy atom. The van der Waals surface area contributed by atoms with Crippen molar-refractivity contribution < 1.29 is 24.2 Å². The van der Waals surface area contributed by atoms with Gasteiger partial charge in [0, 0.05) is 19.0 Å². The van der Waals surface area contributed by atoms with Crippen molar-refractivity contribution in [2.45, 2.75) is 37.6 Å². The lowest BCUT2D eigenvalue weighted by atomic mass is 9.79. The number of amides is 2. The molecule has 2 saturated carbocycles. The number of nitrogens with zero attached hydrogens (tertiary/aromatic N) is 1. The molecule has 2 N–H and O–H groups in total. The van der Waals surface area contributed by atoms with Gasteiger partial charge in [-0.05, 0) is 53.4 Å². The fraction of sp³-hybridized carbons (Fsp3) is 0.444. The number of benzene rings is 2. The highest BCUT2D eigenvalue weighted by Crippen LogP contribution is 2.58. The summed E-state index contributed by atoms with van der Waals surface area (Å²) >= 11 is 0. The number of ether oxygens (including phenoxy) is 1. The molecule has 1 saturated heterocycles. The molecule has 34 heavy (non-hydrogen) atoms. The smallest absolute Gasteiger partial charge is 0.407 e. The monoisotopic (exact) mass is 460 g/mol. The fourth-order valence-electron chi connectivity index (χ4n) is 6.10. The number of rotatable bonds is 6. The van der Waals surface area contributed by atoms with E-state index in [0.29, 0.717) is 13.0 Å². The van der Waals surface area contributed by atoms with Crippen molar-refractivity contribution in [1.29, 1.82) is 0 Å². The van der Waals surface area contributed by atoms with E-state index in [1.54, 1.807) is 4.90 Å². The molecule has 7 heteroatoms. The summed E-state index contributed by atoms with van der Waals surface area (Å²) in [6, 6.07) is 15.7. The first-order valence-electron chi connectivity index (χ1n) is 12.1. The van der Waals surface area contributed by atoms with Crippen LogP contribution in [0, 0.1) is 17.3 Å². The van der Waals surface area contributed by atoms with Crippen LogP contribution in [0.5, 0.6) is 0 Å². The second-order valence-corrected chi connectivity index (χ2v) is 10.2. The minimum Gasteiger partial charge on any atom is -0.481 e. The number of carbonyl (C=O) groups excluding carboxylic acids is 2. The lowest BCUT2D eigenvalue weighted by Gasteiger charge is -2.35. The summed E-state index contributed by atoms with van der Waals surface area (Å²) in [4.78, 5) is 39.4. The average Bonchev–Trinajstić information content (AvgIpc) is 3.23. The molecule has 1 aliphatic heterocycles. The molecular weight excluding hydrogens is 432 g/mol. The lowest BCUT2D eigenvalue weighted by molar-refractivity contribution is -0.144. The van der Waals surface area contributed by atoms with Gasteiger partial charge in [0.2, 0.25) is 5.91 Å². The van der Waals surface area contributed by atoms with Crippen LogP contribution in [0.2, 0.25) is 0 Å². The van der Waals surface area contributed by atoms with E-state index in [1.807, 2.05) is 24.3 Å². The average molecular weight is 461 g/mol. The third kappa shape index (κ3) is 3.29. The summed E-state index contributed by atoms with van der Waals surface area (Å²) in [6.45, 7) is 0.890. The van der Waals surface area contributed by atoms with E-state index >= 15 is 0 Å². The van der Waals surface area contributed by atoms with Gasteiger partial charge in [-0.3, -0.25) is 9.59 Å². The van der Waals surface area contributed by atoms with Crippen LogP contribution in [0.3, 0.4) is 0 Å². The number of alkyl carbamates (subject to hydrolysis) is 1. The number of aliphatic carboxylic acids is 1. The molecule has 1 heterocycles. The zero-order valence-electron chi connectivity index (χ0n) is 18.9. The predicted molar refractivity (Wildman–Crippen MR) is 124 cm³/mol. The van der Waals surface area contributed by atoms with Gasteiger partial charge in [-0.15, -0.1) is 0 Å². The van der Waals surface area contributed by atoms with Gasteiger partial charge in [0.05, 0.1) is 5.41 Å². The maximum absolute atomic E-state index is 13.3. The molecule has 2 amide bonds. The molecule has 3 aliphatic carbocycles. The highest BCUT2D eigenvalue weighted by atomic mass is 16.5. The van der Waals surface area contributed by atoms with Crippen LogP contribution in [0.4, 0.5) is 4.79 Å². The number of carbonyl (C=O) groups is 3. The summed E-state index contributed by atoms with van der Waals surface area (Å²) in [6.07, 6.45) is 2.83. The van der Waals surface area contributed by atoms with Gasteiger partial charge in [-0.2, -0.15) is 0 Å². The number of hydrogen-bond acceptors (Lipinski definition) is 4. The van der Waals surface area contributed by atoms with Crippen LogP contribution in [-0.2, 0) is 14.3 Å². The van der Waals surface area contributed by atoms with Crippen LogP contribution in [-0.4, -0.2) is 53.7 Å². The van der Waals surface area contributed by atoms with E-state index in [4.69, 9.17) is 4.74 Å². The Labute approximate surface area is 198 Å². The maximum atomic E-state index is 13.3. The summed E-state index contributed by atoms with van der Waals surface area (Å²) < 4.78 is 5.67. The van der Waals surface area contributed by atoms with Gasteiger partial charge < -0.3 is 20.1 Å². The fourth-order valence-corrected chi connectivity index (χ4v) is 6.10. The Bertz CT molecular complexity index is 1130. The van der Waals surface area contributed by atoms with Crippen molar-refractivity contribution in [2.24, 2.45) is 17.3 Å². The number of piperidine rings is 1. The van der Waals surface area contributed by atoms with Gasteiger partial charge in [0.1, 0.15) is 12.6 Å². The Kier molecular flexibility index (Phi) is 4.90. The first-order chi connectivity index (χ1) is 16.5. The molecular formula is C27H28N2O5. The van der Waals surface area contributed by atoms with E-state index in [9.17, 15) is 19.5 Å². The van der Waals surface area contributed by atoms with Crippen molar-refractivity contribution in [3.8, 4) is 11.1 Å². The van der Waals surface area contributed by atoms with Gasteiger partial charge in [0.25, 0.3) is 0 Å². The highest BCUT2D eigenvalue weighted by molar-refractivity contribution is 5.89. The molecule has 2 aromatic carbocycles. The summed E-state index contributed by atoms with van der Waals surface area (Å²) in [5.74, 6) is -0.934. The first-order valence-corrected chi connectivity index (χ1v) is 12.1. The number of nitrogens with one attached hydrogen (secondary N) is 1. The lowest BCUT2D eigenvalue weighted by Crippen LogP contribution is -2.54. The SMILES string of the molecule is O=C(NC(C(=O)N1CC2CC2(C(=O)O)C1)C1CCC1)OCC1c2ccccc2-c2ccccc21. The minimum atomic E-state index is -0.822. The Morgan fingerprint density at radius 3 is 2.26 bits per heavy atom. The van der Waals surface area contributed by atoms with Crippen LogP contribution in [0.1, 0.15) is 42.7 Å². The topological polar surface area (TPSA) is 95.9 Å². The molecule has 2 aromatic rings. The van der Waals surface area contributed by atoms with Crippen molar-refractivity contribution >= 4 is 18.0 Å². The quantitative estimate of drug-likeness (QED) is 0.686. The standard InChI is InChI=1S/C27H28N2O5/c30-24(29-13-17-12-27(17,15-29)25(31)32)23(16-6-5-7-16)28-26(33)34-14-22-20-10-3-1-8-18(20)19-9-2-4-11-21(19)22/h1-4,8-11,16-17,22-23H,5-7,12-15H2,(H,28,33)(H,31,32). The number of carboxylic acids is 1. The molecule has 6 rings (SSSR count). The molecule has 0 aromatic heterocycles. The Morgan fingerprint density at radius 1 is 1.06 bits per heavy atom. The normalized spacial score (nSPS) is 25.5. The Hall–Kier alpha value is -3.35. The van der Waals surface area contributed by atoms with Gasteiger partial charge in [-0.25, -0.2) is 4.79 Å². The van der Waals surface area contributed by atoms with Crippen LogP contribution < -0.4 is 5.32 Å². The number of fused-ring (bicyclic) bond motifs is 4. The van der Waals surface area contributed by atoms with Crippen LogP contribution in [0.15, 0.2) is 48.5 Å². The highest BCUT2D eigenvalue weighted by Gasteiger charge is 2.66. The molecule has 3 atom stereocenters. The van der Waals surface area contributed by atoms with Crippen LogP contribution >= 0.6 is 0 Å². The third-order valence-corrected chi connectivity index (χ3v) is 8.39. The summed E-state index contributed by atoms with van der Waals surface area (Å²) in [5, 5.41) is 12.4. The van der Waals surface area contributed by atoms with Crippen molar-refractivity contribution in [2.75, 3.05) is 19.7 Å². The second kappa shape index (κ2) is 7.86. The zero-order chi connectivity index (χ0) is 23.4. The largest absolute Gasteiger partial charge is 0.481 e. The van der Waals surface area contributed by atoms with Gasteiger partial charge in [0.15, 0.2) is 0 Å². The predicted octanol–water partition coefficient (Wildman–Crippen LogP) is 3.63. The number of carboxylic acid groups (broad SMARTS) is 1. The zero-order valence-corrected chi connectivity index (χ0v) is 18.9. The molecule has 3 unspecified atom stereocenters. The van der Waals surface area contributed by atoms with E-state index in [0.717, 1.165) is 41.5 Å². The van der Waals surface area contributed by atoms with E-state index in [1.165, 1.54) is 0 Å². The number of likely N-dealkylation sites (tertiary alicyclic amines) is 1. The van der Waals surface area contributed by atoms with E-state index < -0.39 is 23.5 Å². The van der Waals surface area contributed by atoms with Crippen molar-refractivity contribution in [3.63, 3.8) is 0 Å². The van der Waals surface area contributed by atoms with Gasteiger partial charge >= 0.3 is 12.1 Å². The molecule has 0 spiro atoms. The molecule has 0 radical (unpaired) electrons. The summed E-state index contributed by atoms with van der Waals surface area (Å²) in [5.41, 5.74) is 3.82.